The molecule has 0 saturated carbocycles. The highest BCUT2D eigenvalue weighted by Crippen LogP contribution is 2.56. The van der Waals surface area contributed by atoms with Gasteiger partial charge < -0.3 is 120 Å². The number of rotatable bonds is 26. The van der Waals surface area contributed by atoms with Crippen molar-refractivity contribution >= 4 is 69.4 Å². The number of aliphatic hydroxyl groups excluding tert-OH is 4. The third-order valence-electron chi connectivity index (χ3n) is 25.3. The third kappa shape index (κ3) is 22.0. The fourth-order valence-electron chi connectivity index (χ4n) is 18.3. The van der Waals surface area contributed by atoms with Crippen molar-refractivity contribution in [3.8, 4) is 57.5 Å². The van der Waals surface area contributed by atoms with Crippen molar-refractivity contribution < 1.29 is 128 Å². The third-order valence-corrected chi connectivity index (χ3v) is 25.3. The van der Waals surface area contributed by atoms with E-state index in [1.54, 1.807) is 26.0 Å². The Morgan fingerprint density at radius 3 is 1.09 bits per heavy atom. The summed E-state index contributed by atoms with van der Waals surface area (Å²) in [7, 11) is 10.8. The number of ketones is 6. The molecule has 2 fully saturated rings. The van der Waals surface area contributed by atoms with Crippen molar-refractivity contribution in [1.82, 2.24) is 9.80 Å². The van der Waals surface area contributed by atoms with Gasteiger partial charge in [0.2, 0.25) is 11.6 Å². The molecular weight excluding hydrogens is 1780 g/mol. The van der Waals surface area contributed by atoms with Gasteiger partial charge in [0.25, 0.3) is 0 Å². The number of carbonyl (C=O) groups excluding carboxylic acids is 6. The topological polar surface area (TPSA) is 478 Å². The van der Waals surface area contributed by atoms with Crippen molar-refractivity contribution in [2.45, 2.75) is 152 Å². The number of nitrogens with two attached hydrogens (primary N) is 2. The van der Waals surface area contributed by atoms with Crippen LogP contribution in [-0.2, 0) is 41.4 Å². The smallest absolute Gasteiger partial charge is 0.202 e. The molecule has 4 aliphatic carbocycles. The summed E-state index contributed by atoms with van der Waals surface area (Å²) in [6.45, 7) is 8.54. The van der Waals surface area contributed by atoms with E-state index >= 15 is 0 Å². The normalized spacial score (nSPS) is 22.1. The molecule has 30 nitrogen and oxygen atoms in total. The number of ether oxygens (including phenoxy) is 8. The zero-order valence-electron chi connectivity index (χ0n) is 77.7. The Bertz CT molecular complexity index is 5760. The summed E-state index contributed by atoms with van der Waals surface area (Å²) in [6.07, 6.45) is -8.48. The van der Waals surface area contributed by atoms with E-state index in [-0.39, 0.29) is 92.8 Å². The van der Waals surface area contributed by atoms with Gasteiger partial charge in [0.1, 0.15) is 95.1 Å². The molecule has 0 unspecified atom stereocenters. The molecule has 0 amide bonds. The summed E-state index contributed by atoms with van der Waals surface area (Å²) in [4.78, 5) is 83.7. The van der Waals surface area contributed by atoms with Crippen LogP contribution in [0.25, 0.3) is 22.3 Å². The van der Waals surface area contributed by atoms with Crippen LogP contribution in [-0.4, -0.2) is 248 Å². The highest BCUT2D eigenvalue weighted by atomic mass is 35.5. The van der Waals surface area contributed by atoms with E-state index < -0.39 is 191 Å². The number of fused-ring (bicyclic) bond motifs is 6. The number of methoxy groups -OCH3 is 2. The van der Waals surface area contributed by atoms with Crippen molar-refractivity contribution in [3.05, 3.63) is 294 Å². The second kappa shape index (κ2) is 44.7. The van der Waals surface area contributed by atoms with Crippen LogP contribution in [0, 0.1) is 0 Å². The van der Waals surface area contributed by atoms with Gasteiger partial charge >= 0.3 is 0 Å². The van der Waals surface area contributed by atoms with Gasteiger partial charge in [-0.3, -0.25) is 28.8 Å². The second-order valence-electron chi connectivity index (χ2n) is 34.9. The van der Waals surface area contributed by atoms with Crippen LogP contribution >= 0.6 is 12.4 Å². The van der Waals surface area contributed by atoms with Crippen molar-refractivity contribution in [3.63, 3.8) is 0 Å². The molecule has 2 aliphatic heterocycles. The highest BCUT2D eigenvalue weighted by Gasteiger charge is 2.53. The average molecular weight is 1900 g/mol. The molecular formula is C106H117ClN4O26. The Hall–Kier alpha value is -12.6. The van der Waals surface area contributed by atoms with E-state index in [2.05, 4.69) is 109 Å². The summed E-state index contributed by atoms with van der Waals surface area (Å²) in [5.74, 6) is -5.28. The molecule has 10 aromatic carbocycles. The molecule has 0 spiro atoms. The van der Waals surface area contributed by atoms with Gasteiger partial charge in [-0.1, -0.05) is 147 Å². The number of halogens is 1. The first-order chi connectivity index (χ1) is 65.0. The number of benzene rings is 10. The largest absolute Gasteiger partial charge is 0.508 e. The van der Waals surface area contributed by atoms with Crippen LogP contribution in [0.1, 0.15) is 198 Å². The van der Waals surface area contributed by atoms with Crippen LogP contribution in [0.2, 0.25) is 0 Å². The summed E-state index contributed by atoms with van der Waals surface area (Å²) in [5, 5.41) is 128. The lowest BCUT2D eigenvalue weighted by atomic mass is 9.72. The van der Waals surface area contributed by atoms with Crippen LogP contribution < -0.4 is 30.4 Å². The standard InChI is InChI=1S/2C27H29NO11.2C26H29NO2.ClH/c2*1-10-22(31)13(28)6-17(38-10)39-15-8-27(36,16(30)9-29)7-12-19(15)26(35)21-20(24(12)33)23(32)11-4-3-5-14(37-2)18(11)25(21)34;2*1-4-25(20-9-6-5-7-10-20)26(22-11-8-12-23(28)19-22)21-13-15-24(16-14-21)29-18-17-27(2)3;/h2*3-5,10,13,15,17,22,29,31,33,35-36H,6-9,28H2,1-2H3;2*5-16,19,28H,4,17-18H2,1-3H3;1H/t2*10-,13-,15-,17-,22+,27-;;;/m00.../s1. The zero-order chi connectivity index (χ0) is 98.1. The van der Waals surface area contributed by atoms with E-state index in [9.17, 15) is 90.0 Å². The molecule has 2 saturated heterocycles. The van der Waals surface area contributed by atoms with Crippen LogP contribution in [0.3, 0.4) is 0 Å². The van der Waals surface area contributed by atoms with E-state index in [1.807, 2.05) is 88.9 Å². The summed E-state index contributed by atoms with van der Waals surface area (Å²) in [5.41, 5.74) is 16.1. The Morgan fingerprint density at radius 2 is 0.774 bits per heavy atom. The lowest BCUT2D eigenvalue weighted by molar-refractivity contribution is -0.247. The predicted molar refractivity (Wildman–Crippen MR) is 513 cm³/mol. The molecule has 137 heavy (non-hydrogen) atoms. The lowest BCUT2D eigenvalue weighted by Crippen LogP contribution is -2.53. The SMILES string of the molecule is CCC(=C(c1ccc(OCCN(C)C)cc1)c1cccc(O)c1)c1ccccc1.CCC(=C(c1ccc(OCCN(C)C)cc1)c1cccc(O)c1)c1ccccc1.COc1cccc2c1C(=O)c1c(O)c3c(c(O)c1C2=O)C[C@@](O)(C(=O)CO)C[C@@H]3O[C@H]1C[C@H](N)[C@H](O)[C@H](C)O1.COc1cccc2c1C(=O)c1c(O)c3c(c(O)c1C2=O)C[C@@](O)(C(=O)CO)C[C@@H]3O[C@H]1C[C@H](N)[C@H](O)[C@H](C)O1.Cl. The van der Waals surface area contributed by atoms with Gasteiger partial charge in [0, 0.05) is 97.1 Å². The van der Waals surface area contributed by atoms with Gasteiger partial charge in [-0.2, -0.15) is 0 Å². The maximum Gasteiger partial charge on any atom is 0.202 e. The molecule has 6 aliphatic rings. The van der Waals surface area contributed by atoms with Crippen LogP contribution in [0.4, 0.5) is 0 Å². The second-order valence-corrected chi connectivity index (χ2v) is 34.9. The lowest BCUT2D eigenvalue weighted by Gasteiger charge is -2.42. The van der Waals surface area contributed by atoms with Gasteiger partial charge in [0.15, 0.2) is 35.7 Å². The molecule has 16 N–H and O–H groups in total. The van der Waals surface area contributed by atoms with Crippen molar-refractivity contribution in [2.24, 2.45) is 11.5 Å². The minimum atomic E-state index is -2.24. The van der Waals surface area contributed by atoms with Gasteiger partial charge in [-0.15, -0.1) is 12.4 Å². The first-order valence-electron chi connectivity index (χ1n) is 44.9. The molecule has 0 aromatic heterocycles. The number of nitrogens with zero attached hydrogens (tertiary/aromatic N) is 2. The van der Waals surface area contributed by atoms with Crippen molar-refractivity contribution in [1.29, 1.82) is 0 Å². The number of carbonyl (C=O) groups is 6. The van der Waals surface area contributed by atoms with Crippen LogP contribution in [0.15, 0.2) is 194 Å². The van der Waals surface area contributed by atoms with Crippen LogP contribution in [0.5, 0.6) is 57.5 Å². The predicted octanol–water partition coefficient (Wildman–Crippen LogP) is 11.8. The molecule has 724 valence electrons. The van der Waals surface area contributed by atoms with Gasteiger partial charge in [0.05, 0.1) is 84.2 Å². The fourth-order valence-corrected chi connectivity index (χ4v) is 18.3. The number of hydrogen-bond acceptors (Lipinski definition) is 30. The van der Waals surface area contributed by atoms with Gasteiger partial charge in [-0.05, 0) is 171 Å². The number of hydrogen-bond donors (Lipinski definition) is 14. The first kappa shape index (κ1) is 103. The fraction of sp³-hybridized carbons (Fsp3) is 0.340. The summed E-state index contributed by atoms with van der Waals surface area (Å²) >= 11 is 0. The Labute approximate surface area is 799 Å². The molecule has 2 heterocycles. The highest BCUT2D eigenvalue weighted by molar-refractivity contribution is 6.32. The number of Topliss-reactive ketones (excluding diaryl/α,β-unsaturated/α-hetero) is 2. The molecule has 0 radical (unpaired) electrons. The molecule has 10 aromatic rings. The average Bonchev–Trinajstić information content (AvgIpc) is 0.712. The monoisotopic (exact) mass is 1900 g/mol. The molecule has 12 atom stereocenters. The van der Waals surface area contributed by atoms with Gasteiger partial charge in [-0.25, -0.2) is 0 Å². The van der Waals surface area contributed by atoms with Crippen molar-refractivity contribution in [2.75, 3.05) is 81.9 Å². The number of allylic oxidation sites excluding steroid dienone is 2. The summed E-state index contributed by atoms with van der Waals surface area (Å²) < 4.78 is 45.7. The van der Waals surface area contributed by atoms with E-state index in [0.29, 0.717) is 13.2 Å². The zero-order valence-corrected chi connectivity index (χ0v) is 78.5. The minimum absolute atomic E-state index is 0. The molecule has 0 bridgehead atoms. The maximum absolute atomic E-state index is 13.6. The molecule has 31 heteroatoms. The number of phenols is 6. The Balaban J connectivity index is 0.000000165. The Kier molecular flexibility index (Phi) is 33.7. The quantitative estimate of drug-likeness (QED) is 0.0177. The van der Waals surface area contributed by atoms with E-state index in [1.165, 1.54) is 72.9 Å². The number of aromatic hydroxyl groups is 6. The summed E-state index contributed by atoms with van der Waals surface area (Å²) in [6, 6.07) is 59.6. The molecule has 16 rings (SSSR count). The Morgan fingerprint density at radius 1 is 0.438 bits per heavy atom. The minimum Gasteiger partial charge on any atom is -0.508 e. The number of likely N-dealkylation sites (N-methyl/N-ethyl adjacent to an activating group) is 2. The van der Waals surface area contributed by atoms with E-state index in [4.69, 9.17) is 49.4 Å². The first-order valence-corrected chi connectivity index (χ1v) is 44.9. The maximum atomic E-state index is 13.6. The number of phenolic OH excluding ortho intramolecular Hbond substituents is 6. The number of aliphatic hydroxyl groups is 6. The van der Waals surface area contributed by atoms with E-state index in [0.717, 1.165) is 70.8 Å².